The lowest BCUT2D eigenvalue weighted by Crippen LogP contribution is -2.40. The fourth-order valence-electron chi connectivity index (χ4n) is 3.16. The van der Waals surface area contributed by atoms with E-state index < -0.39 is 6.43 Å². The maximum Gasteiger partial charge on any atom is 0.264 e. The first-order valence-corrected chi connectivity index (χ1v) is 8.21. The number of hydrogen-bond donors (Lipinski definition) is 1. The first-order valence-electron chi connectivity index (χ1n) is 8.21. The molecule has 0 saturated carbocycles. The van der Waals surface area contributed by atoms with Crippen molar-refractivity contribution in [3.63, 3.8) is 0 Å². The van der Waals surface area contributed by atoms with E-state index in [2.05, 4.69) is 27.5 Å². The highest BCUT2D eigenvalue weighted by atomic mass is 19.3. The summed E-state index contributed by atoms with van der Waals surface area (Å²) in [5, 5.41) is 11.9. The van der Waals surface area contributed by atoms with Crippen molar-refractivity contribution in [2.75, 3.05) is 25.5 Å². The molecule has 1 aromatic carbocycles. The normalized spacial score (nSPS) is 18.8. The number of nitrogens with one attached hydrogen (secondary N) is 1. The molecule has 1 N–H and O–H groups in total. The van der Waals surface area contributed by atoms with Gasteiger partial charge in [0.05, 0.1) is 5.69 Å². The number of anilines is 1. The summed E-state index contributed by atoms with van der Waals surface area (Å²) in [6.07, 6.45) is -0.277. The number of nitrogens with zero attached hydrogens (tertiary/aromatic N) is 3. The Hall–Kier alpha value is -2.08. The molecule has 3 rings (SSSR count). The lowest BCUT2D eigenvalue weighted by atomic mass is 10.0. The van der Waals surface area contributed by atoms with Crippen LogP contribution in [0.1, 0.15) is 30.4 Å². The van der Waals surface area contributed by atoms with Gasteiger partial charge in [-0.15, -0.1) is 10.2 Å². The van der Waals surface area contributed by atoms with Crippen molar-refractivity contribution in [1.82, 2.24) is 15.1 Å². The van der Waals surface area contributed by atoms with Crippen LogP contribution in [0.3, 0.4) is 0 Å². The zero-order chi connectivity index (χ0) is 17.1. The van der Waals surface area contributed by atoms with Crippen LogP contribution in [-0.2, 0) is 0 Å². The molecule has 24 heavy (non-hydrogen) atoms. The quantitative estimate of drug-likeness (QED) is 0.922. The largest absolute Gasteiger partial charge is 0.364 e. The standard InChI is InChI=1S/C18H22F2N4/c1-12-10-16(14-7-3-4-8-15(14)17(19)20)22-23-18(12)21-13-6-5-9-24(2)11-13/h3-4,7-8,10,13,17H,5-6,9,11H2,1-2H3,(H,21,23)/t13-/m1/s1. The van der Waals surface area contributed by atoms with E-state index in [1.807, 2.05) is 13.0 Å². The topological polar surface area (TPSA) is 41.1 Å². The van der Waals surface area contributed by atoms with E-state index >= 15 is 0 Å². The molecule has 1 saturated heterocycles. The number of aromatic nitrogens is 2. The summed E-state index contributed by atoms with van der Waals surface area (Å²) in [6, 6.07) is 8.61. The van der Waals surface area contributed by atoms with Crippen LogP contribution in [-0.4, -0.2) is 41.3 Å². The molecule has 0 unspecified atom stereocenters. The number of benzene rings is 1. The van der Waals surface area contributed by atoms with Gasteiger partial charge in [-0.3, -0.25) is 0 Å². The van der Waals surface area contributed by atoms with Crippen LogP contribution < -0.4 is 5.32 Å². The first-order chi connectivity index (χ1) is 11.5. The number of likely N-dealkylation sites (N-methyl/N-ethyl adjacent to an activating group) is 1. The third-order valence-corrected chi connectivity index (χ3v) is 4.42. The Balaban J connectivity index is 1.83. The molecule has 1 aliphatic heterocycles. The van der Waals surface area contributed by atoms with Gasteiger partial charge in [0.2, 0.25) is 0 Å². The molecule has 0 spiro atoms. The molecule has 128 valence electrons. The number of aryl methyl sites for hydroxylation is 1. The molecule has 4 nitrogen and oxygen atoms in total. The number of rotatable bonds is 4. The van der Waals surface area contributed by atoms with Gasteiger partial charge in [0.1, 0.15) is 0 Å². The van der Waals surface area contributed by atoms with Crippen molar-refractivity contribution < 1.29 is 8.78 Å². The minimum absolute atomic E-state index is 0.0131. The SMILES string of the molecule is Cc1cc(-c2ccccc2C(F)F)nnc1N[C@@H]1CCCN(C)C1. The van der Waals surface area contributed by atoms with Crippen LogP contribution >= 0.6 is 0 Å². The Bertz CT molecular complexity index is 705. The Morgan fingerprint density at radius 2 is 2.04 bits per heavy atom. The third kappa shape index (κ3) is 3.70. The summed E-state index contributed by atoms with van der Waals surface area (Å²) in [7, 11) is 2.11. The van der Waals surface area contributed by atoms with Gasteiger partial charge in [0, 0.05) is 23.7 Å². The highest BCUT2D eigenvalue weighted by Gasteiger charge is 2.19. The summed E-state index contributed by atoms with van der Waals surface area (Å²) in [6.45, 7) is 4.02. The zero-order valence-electron chi connectivity index (χ0n) is 14.0. The number of likely N-dealkylation sites (tertiary alicyclic amines) is 1. The average molecular weight is 332 g/mol. The maximum absolute atomic E-state index is 13.2. The fourth-order valence-corrected chi connectivity index (χ4v) is 3.16. The molecular weight excluding hydrogens is 310 g/mol. The monoisotopic (exact) mass is 332 g/mol. The zero-order valence-corrected chi connectivity index (χ0v) is 14.0. The van der Waals surface area contributed by atoms with Gasteiger partial charge in [0.15, 0.2) is 5.82 Å². The number of halogens is 2. The van der Waals surface area contributed by atoms with E-state index in [-0.39, 0.29) is 5.56 Å². The molecule has 0 aliphatic carbocycles. The average Bonchev–Trinajstić information content (AvgIpc) is 2.57. The molecule has 1 aliphatic rings. The minimum atomic E-state index is -2.53. The molecule has 0 radical (unpaired) electrons. The lowest BCUT2D eigenvalue weighted by Gasteiger charge is -2.30. The minimum Gasteiger partial charge on any atom is -0.364 e. The van der Waals surface area contributed by atoms with Crippen molar-refractivity contribution in [1.29, 1.82) is 0 Å². The molecule has 1 atom stereocenters. The highest BCUT2D eigenvalue weighted by Crippen LogP contribution is 2.30. The van der Waals surface area contributed by atoms with Gasteiger partial charge in [0.25, 0.3) is 6.43 Å². The van der Waals surface area contributed by atoms with Crippen LogP contribution in [0.25, 0.3) is 11.3 Å². The van der Waals surface area contributed by atoms with Crippen LogP contribution in [0.2, 0.25) is 0 Å². The fraction of sp³-hybridized carbons (Fsp3) is 0.444. The van der Waals surface area contributed by atoms with Crippen LogP contribution in [0, 0.1) is 6.92 Å². The second-order valence-corrected chi connectivity index (χ2v) is 6.39. The second kappa shape index (κ2) is 7.21. The Morgan fingerprint density at radius 1 is 1.25 bits per heavy atom. The number of alkyl halides is 2. The van der Waals surface area contributed by atoms with Gasteiger partial charge >= 0.3 is 0 Å². The van der Waals surface area contributed by atoms with Crippen LogP contribution in [0.4, 0.5) is 14.6 Å². The molecule has 2 heterocycles. The number of hydrogen-bond acceptors (Lipinski definition) is 4. The van der Waals surface area contributed by atoms with Crippen LogP contribution in [0.15, 0.2) is 30.3 Å². The Morgan fingerprint density at radius 3 is 2.75 bits per heavy atom. The van der Waals surface area contributed by atoms with Gasteiger partial charge in [-0.25, -0.2) is 8.78 Å². The van der Waals surface area contributed by atoms with E-state index in [0.717, 1.165) is 37.3 Å². The van der Waals surface area contributed by atoms with Gasteiger partial charge < -0.3 is 10.2 Å². The van der Waals surface area contributed by atoms with Crippen LogP contribution in [0.5, 0.6) is 0 Å². The number of piperidine rings is 1. The predicted molar refractivity (Wildman–Crippen MR) is 91.3 cm³/mol. The second-order valence-electron chi connectivity index (χ2n) is 6.39. The van der Waals surface area contributed by atoms with Crippen molar-refractivity contribution in [2.45, 2.75) is 32.2 Å². The highest BCUT2D eigenvalue weighted by molar-refractivity contribution is 5.65. The first kappa shape index (κ1) is 16.8. The molecule has 6 heteroatoms. The smallest absolute Gasteiger partial charge is 0.264 e. The van der Waals surface area contributed by atoms with E-state index in [4.69, 9.17) is 0 Å². The third-order valence-electron chi connectivity index (χ3n) is 4.42. The van der Waals surface area contributed by atoms with E-state index in [1.165, 1.54) is 6.07 Å². The Labute approximate surface area is 140 Å². The lowest BCUT2D eigenvalue weighted by molar-refractivity contribution is 0.152. The van der Waals surface area contributed by atoms with Crippen molar-refractivity contribution in [3.05, 3.63) is 41.5 Å². The molecule has 2 aromatic rings. The molecule has 1 aromatic heterocycles. The van der Waals surface area contributed by atoms with E-state index in [0.29, 0.717) is 17.3 Å². The van der Waals surface area contributed by atoms with Gasteiger partial charge in [-0.2, -0.15) is 0 Å². The summed E-state index contributed by atoms with van der Waals surface area (Å²) < 4.78 is 26.3. The van der Waals surface area contributed by atoms with Crippen molar-refractivity contribution in [3.8, 4) is 11.3 Å². The van der Waals surface area contributed by atoms with Gasteiger partial charge in [-0.05, 0) is 45.0 Å². The Kier molecular flexibility index (Phi) is 5.04. The van der Waals surface area contributed by atoms with Crippen molar-refractivity contribution >= 4 is 5.82 Å². The molecule has 0 amide bonds. The van der Waals surface area contributed by atoms with E-state index in [1.54, 1.807) is 18.2 Å². The van der Waals surface area contributed by atoms with Crippen molar-refractivity contribution in [2.24, 2.45) is 0 Å². The molecule has 1 fully saturated rings. The maximum atomic E-state index is 13.2. The summed E-state index contributed by atoms with van der Waals surface area (Å²) >= 11 is 0. The summed E-state index contributed by atoms with van der Waals surface area (Å²) in [5.41, 5.74) is 1.82. The summed E-state index contributed by atoms with van der Waals surface area (Å²) in [5.74, 6) is 0.730. The summed E-state index contributed by atoms with van der Waals surface area (Å²) in [4.78, 5) is 2.29. The van der Waals surface area contributed by atoms with Gasteiger partial charge in [-0.1, -0.05) is 24.3 Å². The molecule has 0 bridgehead atoms. The predicted octanol–water partition coefficient (Wildman–Crippen LogP) is 3.90. The van der Waals surface area contributed by atoms with E-state index in [9.17, 15) is 8.78 Å². The molecular formula is C18H22F2N4.